The molecule has 20 heavy (non-hydrogen) atoms. The lowest BCUT2D eigenvalue weighted by Gasteiger charge is -2.64. The van der Waals surface area contributed by atoms with Gasteiger partial charge in [0.05, 0.1) is 11.5 Å². The maximum absolute atomic E-state index is 12.8. The molecule has 0 aromatic carbocycles. The summed E-state index contributed by atoms with van der Waals surface area (Å²) >= 11 is 0. The lowest BCUT2D eigenvalue weighted by Crippen LogP contribution is -2.60. The normalized spacial score (nSPS) is 47.1. The van der Waals surface area contributed by atoms with Gasteiger partial charge < -0.3 is 5.32 Å². The number of Topliss-reactive ketones (excluding diaryl/α,β-unsaturated/α-hetero) is 1. The minimum Gasteiger partial charge on any atom is -0.346 e. The van der Waals surface area contributed by atoms with E-state index in [4.69, 9.17) is 0 Å². The fraction of sp³-hybridized carbons (Fsp3) is 0.882. The summed E-state index contributed by atoms with van der Waals surface area (Å²) in [6.45, 7) is 8.08. The average Bonchev–Trinajstić information content (AvgIpc) is 2.23. The molecule has 4 bridgehead atoms. The molecule has 0 radical (unpaired) electrons. The number of nitrogens with one attached hydrogen (secondary N) is 1. The van der Waals surface area contributed by atoms with Crippen LogP contribution >= 0.6 is 0 Å². The Morgan fingerprint density at radius 2 is 1.60 bits per heavy atom. The van der Waals surface area contributed by atoms with E-state index in [0.717, 1.165) is 19.3 Å². The van der Waals surface area contributed by atoms with Gasteiger partial charge in [0.25, 0.3) is 0 Å². The van der Waals surface area contributed by atoms with Crippen LogP contribution in [0.4, 0.5) is 0 Å². The van der Waals surface area contributed by atoms with E-state index in [9.17, 15) is 9.59 Å². The molecule has 0 aromatic heterocycles. The van der Waals surface area contributed by atoms with Crippen molar-refractivity contribution in [2.24, 2.45) is 22.2 Å². The van der Waals surface area contributed by atoms with Gasteiger partial charge >= 0.3 is 0 Å². The quantitative estimate of drug-likeness (QED) is 0.861. The molecule has 0 heterocycles. The van der Waals surface area contributed by atoms with Gasteiger partial charge in [-0.15, -0.1) is 0 Å². The number of ketones is 1. The number of hydrogen-bond donors (Lipinski definition) is 1. The van der Waals surface area contributed by atoms with Gasteiger partial charge in [0.2, 0.25) is 5.91 Å². The Hall–Kier alpha value is -0.860. The summed E-state index contributed by atoms with van der Waals surface area (Å²) in [7, 11) is 0. The van der Waals surface area contributed by atoms with Crippen molar-refractivity contribution < 1.29 is 9.59 Å². The van der Waals surface area contributed by atoms with Gasteiger partial charge in [-0.25, -0.2) is 0 Å². The molecule has 0 aromatic rings. The van der Waals surface area contributed by atoms with E-state index in [1.165, 1.54) is 19.3 Å². The van der Waals surface area contributed by atoms with Crippen molar-refractivity contribution in [3.8, 4) is 0 Å². The Bertz CT molecular complexity index is 452. The van der Waals surface area contributed by atoms with E-state index in [0.29, 0.717) is 16.7 Å². The Morgan fingerprint density at radius 3 is 2.05 bits per heavy atom. The molecule has 3 unspecified atom stereocenters. The minimum atomic E-state index is -0.351. The van der Waals surface area contributed by atoms with Crippen molar-refractivity contribution in [3.63, 3.8) is 0 Å². The second kappa shape index (κ2) is 4.08. The predicted molar refractivity (Wildman–Crippen MR) is 78.1 cm³/mol. The zero-order chi connectivity index (χ0) is 14.8. The maximum Gasteiger partial charge on any atom is 0.226 e. The third-order valence-electron chi connectivity index (χ3n) is 6.07. The average molecular weight is 277 g/mol. The minimum absolute atomic E-state index is 0.0421. The molecule has 4 aliphatic carbocycles. The van der Waals surface area contributed by atoms with Crippen LogP contribution in [0.5, 0.6) is 0 Å². The SMILES string of the molecule is CC(=O)C(C)NC(=O)C12CC3CC(C)(CC(C)(C3)C1)C2. The highest BCUT2D eigenvalue weighted by Crippen LogP contribution is 2.69. The first kappa shape index (κ1) is 14.1. The van der Waals surface area contributed by atoms with E-state index in [-0.39, 0.29) is 23.1 Å². The monoisotopic (exact) mass is 277 g/mol. The van der Waals surface area contributed by atoms with Crippen molar-refractivity contribution in [2.75, 3.05) is 0 Å². The molecule has 112 valence electrons. The first-order valence-electron chi connectivity index (χ1n) is 7.97. The van der Waals surface area contributed by atoms with Crippen LogP contribution < -0.4 is 5.32 Å². The number of carbonyl (C=O) groups is 2. The van der Waals surface area contributed by atoms with Gasteiger partial charge in [0, 0.05) is 0 Å². The highest BCUT2D eigenvalue weighted by atomic mass is 16.2. The summed E-state index contributed by atoms with van der Waals surface area (Å²) in [6, 6.07) is -0.351. The topological polar surface area (TPSA) is 46.2 Å². The van der Waals surface area contributed by atoms with Gasteiger partial charge in [0.15, 0.2) is 5.78 Å². The van der Waals surface area contributed by atoms with Crippen molar-refractivity contribution in [1.82, 2.24) is 5.32 Å². The third kappa shape index (κ3) is 2.10. The third-order valence-corrected chi connectivity index (χ3v) is 6.07. The van der Waals surface area contributed by atoms with E-state index in [1.54, 1.807) is 13.8 Å². The van der Waals surface area contributed by atoms with Crippen molar-refractivity contribution in [3.05, 3.63) is 0 Å². The molecule has 4 aliphatic rings. The molecule has 3 heteroatoms. The van der Waals surface area contributed by atoms with Gasteiger partial charge in [-0.05, 0) is 69.1 Å². The van der Waals surface area contributed by atoms with Crippen LogP contribution in [-0.2, 0) is 9.59 Å². The largest absolute Gasteiger partial charge is 0.346 e. The zero-order valence-electron chi connectivity index (χ0n) is 13.2. The Morgan fingerprint density at radius 1 is 1.05 bits per heavy atom. The van der Waals surface area contributed by atoms with Crippen LogP contribution in [0.1, 0.15) is 66.2 Å². The van der Waals surface area contributed by atoms with Crippen molar-refractivity contribution >= 4 is 11.7 Å². The molecule has 3 nitrogen and oxygen atoms in total. The second-order valence-corrected chi connectivity index (χ2v) is 8.72. The highest BCUT2D eigenvalue weighted by molar-refractivity contribution is 5.90. The summed E-state index contributed by atoms with van der Waals surface area (Å²) in [4.78, 5) is 24.3. The molecule has 1 N–H and O–H groups in total. The Balaban J connectivity index is 1.85. The molecular weight excluding hydrogens is 250 g/mol. The molecule has 0 saturated heterocycles. The van der Waals surface area contributed by atoms with Crippen LogP contribution in [0.2, 0.25) is 0 Å². The Kier molecular flexibility index (Phi) is 2.88. The molecule has 0 aliphatic heterocycles. The molecule has 1 amide bonds. The van der Waals surface area contributed by atoms with Crippen molar-refractivity contribution in [1.29, 1.82) is 0 Å². The first-order chi connectivity index (χ1) is 9.15. The van der Waals surface area contributed by atoms with Crippen LogP contribution in [-0.4, -0.2) is 17.7 Å². The van der Waals surface area contributed by atoms with Gasteiger partial charge in [-0.2, -0.15) is 0 Å². The van der Waals surface area contributed by atoms with Crippen molar-refractivity contribution in [2.45, 2.75) is 72.3 Å². The maximum atomic E-state index is 12.8. The van der Waals surface area contributed by atoms with Crippen LogP contribution in [0.15, 0.2) is 0 Å². The first-order valence-corrected chi connectivity index (χ1v) is 7.97. The molecule has 4 rings (SSSR count). The van der Waals surface area contributed by atoms with E-state index >= 15 is 0 Å². The summed E-state index contributed by atoms with van der Waals surface area (Å²) in [6.07, 6.45) is 6.92. The van der Waals surface area contributed by atoms with Gasteiger partial charge in [-0.3, -0.25) is 9.59 Å². The number of rotatable bonds is 3. The number of carbonyl (C=O) groups excluding carboxylic acids is 2. The molecule has 3 atom stereocenters. The summed E-state index contributed by atoms with van der Waals surface area (Å²) < 4.78 is 0. The summed E-state index contributed by atoms with van der Waals surface area (Å²) in [5.41, 5.74) is 0.475. The summed E-state index contributed by atoms with van der Waals surface area (Å²) in [5, 5.41) is 2.98. The smallest absolute Gasteiger partial charge is 0.226 e. The highest BCUT2D eigenvalue weighted by Gasteiger charge is 2.62. The standard InChI is InChI=1S/C17H27NO2/c1-11(12(2)19)18-14(20)17-7-13-5-15(3,9-17)8-16(4,6-13)10-17/h11,13H,5-10H2,1-4H3,(H,18,20). The van der Waals surface area contributed by atoms with Crippen LogP contribution in [0.3, 0.4) is 0 Å². The molecule has 4 saturated carbocycles. The number of amides is 1. The molecule has 0 spiro atoms. The zero-order valence-corrected chi connectivity index (χ0v) is 13.2. The molecular formula is C17H27NO2. The van der Waals surface area contributed by atoms with Crippen LogP contribution in [0, 0.1) is 22.2 Å². The van der Waals surface area contributed by atoms with E-state index in [1.807, 2.05) is 0 Å². The second-order valence-electron chi connectivity index (χ2n) is 8.72. The lowest BCUT2D eigenvalue weighted by atomic mass is 9.40. The lowest BCUT2D eigenvalue weighted by molar-refractivity contribution is -0.170. The fourth-order valence-electron chi connectivity index (χ4n) is 6.15. The summed E-state index contributed by atoms with van der Waals surface area (Å²) in [5.74, 6) is 0.891. The van der Waals surface area contributed by atoms with E-state index < -0.39 is 0 Å². The fourth-order valence-corrected chi connectivity index (χ4v) is 6.15. The van der Waals surface area contributed by atoms with E-state index in [2.05, 4.69) is 19.2 Å². The Labute approximate surface area is 121 Å². The molecule has 4 fully saturated rings. The van der Waals surface area contributed by atoms with Gasteiger partial charge in [-0.1, -0.05) is 13.8 Å². The van der Waals surface area contributed by atoms with Crippen LogP contribution in [0.25, 0.3) is 0 Å². The predicted octanol–water partition coefficient (Wildman–Crippen LogP) is 3.08. The van der Waals surface area contributed by atoms with Gasteiger partial charge in [0.1, 0.15) is 0 Å². The number of hydrogen-bond acceptors (Lipinski definition) is 2.